The van der Waals surface area contributed by atoms with E-state index in [1.165, 1.54) is 9.47 Å². The van der Waals surface area contributed by atoms with E-state index >= 15 is 0 Å². The number of hydrogen-bond donors (Lipinski definition) is 1. The van der Waals surface area contributed by atoms with Gasteiger partial charge in [-0.2, -0.15) is 13.2 Å². The van der Waals surface area contributed by atoms with Crippen LogP contribution in [0, 0.1) is 11.6 Å². The molecule has 5 nitrogen and oxygen atoms in total. The third-order valence-corrected chi connectivity index (χ3v) is 4.75. The summed E-state index contributed by atoms with van der Waals surface area (Å²) in [5, 5.41) is 0. The van der Waals surface area contributed by atoms with Gasteiger partial charge in [-0.25, -0.2) is 13.8 Å². The second kappa shape index (κ2) is 9.13. The van der Waals surface area contributed by atoms with Crippen molar-refractivity contribution < 1.29 is 26.7 Å². The Hall–Kier alpha value is -2.46. The normalized spacial score (nSPS) is 14.7. The monoisotopic (exact) mass is 450 g/mol. The summed E-state index contributed by atoms with van der Waals surface area (Å²) in [7, 11) is 0. The topological polar surface area (TPSA) is 64.2 Å². The molecule has 0 spiro atoms. The molecule has 0 bridgehead atoms. The van der Waals surface area contributed by atoms with Crippen LogP contribution in [0.1, 0.15) is 29.2 Å². The fourth-order valence-electron chi connectivity index (χ4n) is 3.39. The number of aromatic nitrogens is 2. The first-order chi connectivity index (χ1) is 13.6. The van der Waals surface area contributed by atoms with Crippen molar-refractivity contribution in [1.29, 1.82) is 0 Å². The molecule has 30 heavy (non-hydrogen) atoms. The summed E-state index contributed by atoms with van der Waals surface area (Å²) in [6.07, 6.45) is -3.73. The van der Waals surface area contributed by atoms with Crippen LogP contribution in [0.25, 0.3) is 6.08 Å². The number of carbonyl (C=O) groups is 1. The van der Waals surface area contributed by atoms with Gasteiger partial charge in [-0.15, -0.1) is 12.4 Å². The first-order valence-corrected chi connectivity index (χ1v) is 8.86. The summed E-state index contributed by atoms with van der Waals surface area (Å²) in [5.74, 6) is -1.51. The first-order valence-electron chi connectivity index (χ1n) is 8.86. The molecule has 11 heteroatoms. The third-order valence-electron chi connectivity index (χ3n) is 4.75. The number of fused-ring (bicyclic) bond motifs is 1. The predicted octanol–water partition coefficient (Wildman–Crippen LogP) is 3.55. The number of rotatable bonds is 5. The number of alkyl halides is 3. The Bertz CT molecular complexity index is 944. The van der Waals surface area contributed by atoms with Gasteiger partial charge in [0.2, 0.25) is 5.91 Å². The summed E-state index contributed by atoms with van der Waals surface area (Å²) in [6, 6.07) is 2.22. The van der Waals surface area contributed by atoms with Gasteiger partial charge in [0, 0.05) is 25.6 Å². The fourth-order valence-corrected chi connectivity index (χ4v) is 3.39. The van der Waals surface area contributed by atoms with E-state index in [0.717, 1.165) is 24.3 Å². The molecular formula is C19H20ClF5N4O. The molecule has 0 unspecified atom stereocenters. The molecule has 1 aliphatic heterocycles. The van der Waals surface area contributed by atoms with E-state index in [9.17, 15) is 26.7 Å². The molecule has 0 radical (unpaired) electrons. The van der Waals surface area contributed by atoms with E-state index < -0.39 is 35.5 Å². The second-order valence-corrected chi connectivity index (χ2v) is 6.83. The summed E-state index contributed by atoms with van der Waals surface area (Å²) in [6.45, 7) is 3.64. The Morgan fingerprint density at radius 2 is 2.00 bits per heavy atom. The van der Waals surface area contributed by atoms with Crippen LogP contribution in [-0.2, 0) is 30.5 Å². The Balaban J connectivity index is 0.00000320. The van der Waals surface area contributed by atoms with Crippen molar-refractivity contribution >= 4 is 24.4 Å². The maximum absolute atomic E-state index is 13.7. The Morgan fingerprint density at radius 1 is 1.30 bits per heavy atom. The van der Waals surface area contributed by atoms with Gasteiger partial charge >= 0.3 is 6.18 Å². The molecule has 2 aromatic rings. The zero-order valence-corrected chi connectivity index (χ0v) is 16.6. The standard InChI is InChI=1S/C19H19F5N4O.ClH/c1-2-15-18(19(22,23)24)26-16-10-27(5-6-28(15)16)17(29)9-13(25)8-11-7-12(20)3-4-14(11)21;/h2-4,7,13H,1,5-6,8-10,25H2;1H/t13-;/m1./s1. The number of amides is 1. The molecule has 1 amide bonds. The molecular weight excluding hydrogens is 431 g/mol. The molecule has 0 fully saturated rings. The van der Waals surface area contributed by atoms with Gasteiger partial charge in [0.25, 0.3) is 0 Å². The fraction of sp³-hybridized carbons (Fsp3) is 0.368. The lowest BCUT2D eigenvalue weighted by Gasteiger charge is -2.29. The maximum Gasteiger partial charge on any atom is 0.435 e. The molecule has 2 heterocycles. The van der Waals surface area contributed by atoms with Crippen molar-refractivity contribution in [1.82, 2.24) is 14.5 Å². The average Bonchev–Trinajstić information content (AvgIpc) is 3.02. The SMILES string of the molecule is C=Cc1c(C(F)(F)F)nc2n1CCN(C(=O)C[C@H](N)Cc1cc(F)ccc1F)C2.Cl. The lowest BCUT2D eigenvalue weighted by atomic mass is 10.0. The van der Waals surface area contributed by atoms with Crippen molar-refractivity contribution in [3.8, 4) is 0 Å². The van der Waals surface area contributed by atoms with Gasteiger partial charge in [0.15, 0.2) is 5.69 Å². The highest BCUT2D eigenvalue weighted by Crippen LogP contribution is 2.33. The van der Waals surface area contributed by atoms with Crippen LogP contribution >= 0.6 is 12.4 Å². The van der Waals surface area contributed by atoms with E-state index in [4.69, 9.17) is 5.73 Å². The maximum atomic E-state index is 13.7. The van der Waals surface area contributed by atoms with E-state index in [1.54, 1.807) is 0 Å². The lowest BCUT2D eigenvalue weighted by Crippen LogP contribution is -2.41. The van der Waals surface area contributed by atoms with Crippen molar-refractivity contribution in [2.24, 2.45) is 5.73 Å². The number of nitrogens with two attached hydrogens (primary N) is 1. The molecule has 3 rings (SSSR count). The second-order valence-electron chi connectivity index (χ2n) is 6.83. The number of carbonyl (C=O) groups excluding carboxylic acids is 1. The lowest BCUT2D eigenvalue weighted by molar-refractivity contribution is -0.141. The molecule has 1 atom stereocenters. The summed E-state index contributed by atoms with van der Waals surface area (Å²) in [5.41, 5.74) is 4.82. The van der Waals surface area contributed by atoms with E-state index in [1.807, 2.05) is 0 Å². The van der Waals surface area contributed by atoms with Crippen LogP contribution in [0.5, 0.6) is 0 Å². The quantitative estimate of drug-likeness (QED) is 0.709. The summed E-state index contributed by atoms with van der Waals surface area (Å²) in [4.78, 5) is 17.5. The Kier molecular flexibility index (Phi) is 7.25. The van der Waals surface area contributed by atoms with Crippen molar-refractivity contribution in [2.45, 2.75) is 38.1 Å². The van der Waals surface area contributed by atoms with Crippen LogP contribution in [0.4, 0.5) is 22.0 Å². The zero-order valence-electron chi connectivity index (χ0n) is 15.8. The van der Waals surface area contributed by atoms with Crippen LogP contribution in [0.2, 0.25) is 0 Å². The molecule has 1 aromatic carbocycles. The number of nitrogens with zero attached hydrogens (tertiary/aromatic N) is 3. The molecule has 1 aromatic heterocycles. The van der Waals surface area contributed by atoms with Crippen LogP contribution < -0.4 is 5.73 Å². The van der Waals surface area contributed by atoms with Crippen molar-refractivity contribution in [2.75, 3.05) is 6.54 Å². The van der Waals surface area contributed by atoms with Gasteiger partial charge in [-0.3, -0.25) is 4.79 Å². The van der Waals surface area contributed by atoms with Crippen LogP contribution in [0.15, 0.2) is 24.8 Å². The van der Waals surface area contributed by atoms with Gasteiger partial charge in [0.1, 0.15) is 17.5 Å². The molecule has 0 saturated heterocycles. The van der Waals surface area contributed by atoms with Crippen LogP contribution in [-0.4, -0.2) is 32.9 Å². The highest BCUT2D eigenvalue weighted by Gasteiger charge is 2.39. The summed E-state index contributed by atoms with van der Waals surface area (Å²) < 4.78 is 67.8. The van der Waals surface area contributed by atoms with Gasteiger partial charge in [-0.05, 0) is 36.3 Å². The minimum absolute atomic E-state index is 0. The number of imidazole rings is 1. The summed E-state index contributed by atoms with van der Waals surface area (Å²) >= 11 is 0. The van der Waals surface area contributed by atoms with E-state index in [2.05, 4.69) is 11.6 Å². The minimum Gasteiger partial charge on any atom is -0.333 e. The van der Waals surface area contributed by atoms with Crippen LogP contribution in [0.3, 0.4) is 0 Å². The van der Waals surface area contributed by atoms with Gasteiger partial charge in [-0.1, -0.05) is 6.58 Å². The average molecular weight is 451 g/mol. The minimum atomic E-state index is -4.62. The van der Waals surface area contributed by atoms with Crippen molar-refractivity contribution in [3.05, 3.63) is 59.2 Å². The largest absolute Gasteiger partial charge is 0.435 e. The van der Waals surface area contributed by atoms with E-state index in [0.29, 0.717) is 0 Å². The third kappa shape index (κ3) is 4.99. The van der Waals surface area contributed by atoms with Gasteiger partial charge in [0.05, 0.1) is 12.2 Å². The number of hydrogen-bond acceptors (Lipinski definition) is 3. The molecule has 164 valence electrons. The molecule has 0 aliphatic carbocycles. The van der Waals surface area contributed by atoms with E-state index in [-0.39, 0.29) is 62.0 Å². The zero-order chi connectivity index (χ0) is 21.3. The molecule has 0 saturated carbocycles. The Morgan fingerprint density at radius 3 is 2.63 bits per heavy atom. The highest BCUT2D eigenvalue weighted by atomic mass is 35.5. The molecule has 1 aliphatic rings. The number of benzene rings is 1. The predicted molar refractivity (Wildman–Crippen MR) is 103 cm³/mol. The highest BCUT2D eigenvalue weighted by molar-refractivity contribution is 5.85. The first kappa shape index (κ1) is 23.8. The smallest absolute Gasteiger partial charge is 0.333 e. The number of halogens is 6. The van der Waals surface area contributed by atoms with Gasteiger partial charge < -0.3 is 15.2 Å². The Labute approximate surface area is 175 Å². The molecule has 2 N–H and O–H groups in total. The van der Waals surface area contributed by atoms with Crippen molar-refractivity contribution in [3.63, 3.8) is 0 Å².